The zero-order chi connectivity index (χ0) is 29.5. The fraction of sp³-hybridized carbons (Fsp3) is 0.515. The van der Waals surface area contributed by atoms with Crippen molar-refractivity contribution < 1.29 is 23.9 Å². The van der Waals surface area contributed by atoms with Gasteiger partial charge in [0, 0.05) is 44.4 Å². The van der Waals surface area contributed by atoms with Gasteiger partial charge in [-0.1, -0.05) is 48.5 Å². The van der Waals surface area contributed by atoms with E-state index in [0.717, 1.165) is 12.8 Å². The average molecular weight is 575 g/mol. The maximum atomic E-state index is 13.3. The van der Waals surface area contributed by atoms with E-state index in [9.17, 15) is 19.2 Å². The van der Waals surface area contributed by atoms with E-state index in [4.69, 9.17) is 4.74 Å². The lowest BCUT2D eigenvalue weighted by Gasteiger charge is -2.38. The SMILES string of the molecule is CNC(=O)C1CCC(C(=O)N2CCCCC2C(=O)NCCCNC(=O)OCC2c3ccccc3-c3ccccc32)CC1. The van der Waals surface area contributed by atoms with Crippen LogP contribution in [0.25, 0.3) is 11.1 Å². The maximum Gasteiger partial charge on any atom is 0.407 e. The van der Waals surface area contributed by atoms with Crippen LogP contribution in [0.4, 0.5) is 4.79 Å². The Morgan fingerprint density at radius 2 is 1.40 bits per heavy atom. The third kappa shape index (κ3) is 6.61. The summed E-state index contributed by atoms with van der Waals surface area (Å²) in [4.78, 5) is 52.5. The Kier molecular flexibility index (Phi) is 9.77. The summed E-state index contributed by atoms with van der Waals surface area (Å²) in [5.74, 6) is -0.189. The molecule has 1 aliphatic heterocycles. The van der Waals surface area contributed by atoms with Gasteiger partial charge in [-0.05, 0) is 73.6 Å². The third-order valence-electron chi connectivity index (χ3n) is 9.05. The fourth-order valence-electron chi connectivity index (χ4n) is 6.77. The predicted molar refractivity (Wildman–Crippen MR) is 160 cm³/mol. The van der Waals surface area contributed by atoms with Crippen LogP contribution in [-0.4, -0.2) is 68.0 Å². The van der Waals surface area contributed by atoms with Crippen LogP contribution in [0.5, 0.6) is 0 Å². The van der Waals surface area contributed by atoms with Crippen molar-refractivity contribution in [2.75, 3.05) is 33.3 Å². The Morgan fingerprint density at radius 3 is 2.07 bits per heavy atom. The second kappa shape index (κ2) is 13.9. The molecule has 1 saturated heterocycles. The topological polar surface area (TPSA) is 117 Å². The molecule has 1 heterocycles. The van der Waals surface area contributed by atoms with Crippen molar-refractivity contribution in [3.05, 3.63) is 59.7 Å². The molecule has 2 fully saturated rings. The number of piperidine rings is 1. The lowest BCUT2D eigenvalue weighted by Crippen LogP contribution is -2.54. The van der Waals surface area contributed by atoms with E-state index < -0.39 is 12.1 Å². The number of hydrogen-bond donors (Lipinski definition) is 3. The van der Waals surface area contributed by atoms with Gasteiger partial charge >= 0.3 is 6.09 Å². The molecule has 224 valence electrons. The summed E-state index contributed by atoms with van der Waals surface area (Å²) in [6, 6.07) is 16.0. The number of rotatable bonds is 9. The van der Waals surface area contributed by atoms with Crippen LogP contribution in [0.2, 0.25) is 0 Å². The summed E-state index contributed by atoms with van der Waals surface area (Å²) in [6.07, 6.45) is 5.32. The van der Waals surface area contributed by atoms with Crippen molar-refractivity contribution in [2.45, 2.75) is 63.3 Å². The first-order valence-electron chi connectivity index (χ1n) is 15.4. The molecule has 9 nitrogen and oxygen atoms in total. The van der Waals surface area contributed by atoms with Gasteiger partial charge in [0.25, 0.3) is 0 Å². The summed E-state index contributed by atoms with van der Waals surface area (Å²) in [7, 11) is 1.65. The van der Waals surface area contributed by atoms with Crippen LogP contribution < -0.4 is 16.0 Å². The fourth-order valence-corrected chi connectivity index (χ4v) is 6.77. The molecule has 4 amide bonds. The zero-order valence-corrected chi connectivity index (χ0v) is 24.4. The number of fused-ring (bicyclic) bond motifs is 3. The van der Waals surface area contributed by atoms with E-state index in [1.807, 2.05) is 24.3 Å². The van der Waals surface area contributed by atoms with Gasteiger partial charge in [0.2, 0.25) is 17.7 Å². The quantitative estimate of drug-likeness (QED) is 0.392. The van der Waals surface area contributed by atoms with Crippen LogP contribution in [0.3, 0.4) is 0 Å². The molecule has 2 aromatic carbocycles. The van der Waals surface area contributed by atoms with Gasteiger partial charge in [-0.2, -0.15) is 0 Å². The monoisotopic (exact) mass is 574 g/mol. The molecule has 9 heteroatoms. The number of nitrogens with one attached hydrogen (secondary N) is 3. The molecule has 1 atom stereocenters. The number of hydrogen-bond acceptors (Lipinski definition) is 5. The Labute approximate surface area is 247 Å². The van der Waals surface area contributed by atoms with Gasteiger partial charge < -0.3 is 25.6 Å². The summed E-state index contributed by atoms with van der Waals surface area (Å²) >= 11 is 0. The van der Waals surface area contributed by atoms with Gasteiger partial charge in [0.1, 0.15) is 12.6 Å². The standard InChI is InChI=1S/C33H42N4O5/c1-34-30(38)22-14-16-23(17-15-22)32(40)37-20-7-6-13-29(37)31(39)35-18-8-19-36-33(41)42-21-28-26-11-4-2-9-24(26)25-10-3-5-12-27(25)28/h2-5,9-12,22-23,28-29H,6-8,13-21H2,1H3,(H,34,38)(H,35,39)(H,36,41). The first kappa shape index (κ1) is 29.6. The summed E-state index contributed by atoms with van der Waals surface area (Å²) in [6.45, 7) is 1.63. The van der Waals surface area contributed by atoms with E-state index in [0.29, 0.717) is 58.2 Å². The van der Waals surface area contributed by atoms with Crippen molar-refractivity contribution in [2.24, 2.45) is 11.8 Å². The van der Waals surface area contributed by atoms with Crippen molar-refractivity contribution in [1.82, 2.24) is 20.9 Å². The normalized spacial score (nSPS) is 21.5. The van der Waals surface area contributed by atoms with Gasteiger partial charge in [-0.25, -0.2) is 4.79 Å². The molecule has 5 rings (SSSR count). The molecule has 3 N–H and O–H groups in total. The molecule has 2 aliphatic carbocycles. The Balaban J connectivity index is 1.03. The van der Waals surface area contributed by atoms with E-state index in [1.165, 1.54) is 22.3 Å². The molecule has 0 spiro atoms. The highest BCUT2D eigenvalue weighted by molar-refractivity contribution is 5.89. The summed E-state index contributed by atoms with van der Waals surface area (Å²) < 4.78 is 5.58. The number of carbonyl (C=O) groups is 4. The van der Waals surface area contributed by atoms with Crippen molar-refractivity contribution in [1.29, 1.82) is 0 Å². The third-order valence-corrected chi connectivity index (χ3v) is 9.05. The predicted octanol–water partition coefficient (Wildman–Crippen LogP) is 3.96. The Morgan fingerprint density at radius 1 is 0.786 bits per heavy atom. The van der Waals surface area contributed by atoms with Crippen molar-refractivity contribution in [3.63, 3.8) is 0 Å². The van der Waals surface area contributed by atoms with Crippen LogP contribution in [0, 0.1) is 11.8 Å². The van der Waals surface area contributed by atoms with Gasteiger partial charge in [-0.3, -0.25) is 14.4 Å². The van der Waals surface area contributed by atoms with E-state index >= 15 is 0 Å². The van der Waals surface area contributed by atoms with Gasteiger partial charge in [-0.15, -0.1) is 0 Å². The number of ether oxygens (including phenoxy) is 1. The second-order valence-corrected chi connectivity index (χ2v) is 11.6. The molecule has 0 aromatic heterocycles. The lowest BCUT2D eigenvalue weighted by atomic mass is 9.80. The van der Waals surface area contributed by atoms with E-state index in [1.54, 1.807) is 11.9 Å². The number of nitrogens with zero attached hydrogens (tertiary/aromatic N) is 1. The highest BCUT2D eigenvalue weighted by atomic mass is 16.5. The minimum absolute atomic E-state index is 0.00876. The molecule has 2 aromatic rings. The van der Waals surface area contributed by atoms with Crippen LogP contribution in [0.1, 0.15) is 68.4 Å². The first-order chi connectivity index (χ1) is 20.5. The highest BCUT2D eigenvalue weighted by Crippen LogP contribution is 2.44. The molecule has 42 heavy (non-hydrogen) atoms. The maximum absolute atomic E-state index is 13.3. The summed E-state index contributed by atoms with van der Waals surface area (Å²) in [5, 5.41) is 8.46. The van der Waals surface area contributed by atoms with Crippen LogP contribution in [-0.2, 0) is 19.1 Å². The molecule has 0 radical (unpaired) electrons. The number of likely N-dealkylation sites (tertiary alicyclic amines) is 1. The minimum atomic E-state index is -0.474. The van der Waals surface area contributed by atoms with Gasteiger partial charge in [0.15, 0.2) is 0 Å². The molecular formula is C33H42N4O5. The lowest BCUT2D eigenvalue weighted by molar-refractivity contribution is -0.147. The highest BCUT2D eigenvalue weighted by Gasteiger charge is 2.37. The van der Waals surface area contributed by atoms with Crippen LogP contribution in [0.15, 0.2) is 48.5 Å². The first-order valence-corrected chi connectivity index (χ1v) is 15.4. The molecule has 3 aliphatic rings. The number of benzene rings is 2. The Hall–Kier alpha value is -3.88. The molecular weight excluding hydrogens is 532 g/mol. The average Bonchev–Trinajstić information content (AvgIpc) is 3.36. The zero-order valence-electron chi connectivity index (χ0n) is 24.4. The second-order valence-electron chi connectivity index (χ2n) is 11.6. The van der Waals surface area contributed by atoms with Crippen LogP contribution >= 0.6 is 0 Å². The van der Waals surface area contributed by atoms with Crippen molar-refractivity contribution in [3.8, 4) is 11.1 Å². The number of amides is 4. The smallest absolute Gasteiger partial charge is 0.407 e. The number of carbonyl (C=O) groups excluding carboxylic acids is 4. The van der Waals surface area contributed by atoms with Gasteiger partial charge in [0.05, 0.1) is 0 Å². The van der Waals surface area contributed by atoms with E-state index in [2.05, 4.69) is 40.2 Å². The largest absolute Gasteiger partial charge is 0.449 e. The minimum Gasteiger partial charge on any atom is -0.449 e. The van der Waals surface area contributed by atoms with E-state index in [-0.39, 0.29) is 42.1 Å². The number of alkyl carbamates (subject to hydrolysis) is 1. The van der Waals surface area contributed by atoms with Crippen molar-refractivity contribution >= 4 is 23.8 Å². The molecule has 1 saturated carbocycles. The molecule has 0 bridgehead atoms. The Bertz CT molecular complexity index is 1240. The molecule has 1 unspecified atom stereocenters. The summed E-state index contributed by atoms with van der Waals surface area (Å²) in [5.41, 5.74) is 4.70.